The molecule has 24 heavy (non-hydrogen) atoms. The summed E-state index contributed by atoms with van der Waals surface area (Å²) in [7, 11) is 0. The first kappa shape index (κ1) is 16.7. The zero-order valence-electron chi connectivity index (χ0n) is 12.6. The number of esters is 1. The maximum absolute atomic E-state index is 12.4. The topological polar surface area (TPSA) is 56.5 Å². The molecule has 0 saturated carbocycles. The van der Waals surface area contributed by atoms with Crippen LogP contribution < -0.4 is 10.4 Å². The van der Waals surface area contributed by atoms with Gasteiger partial charge in [0, 0.05) is 11.3 Å². The van der Waals surface area contributed by atoms with Crippen LogP contribution in [0, 0.1) is 6.92 Å². The molecule has 0 aliphatic carbocycles. The normalized spacial score (nSPS) is 10.8. The maximum Gasteiger partial charge on any atom is 0.351 e. The van der Waals surface area contributed by atoms with E-state index < -0.39 is 11.6 Å². The minimum Gasteiger partial charge on any atom is -0.422 e. The summed E-state index contributed by atoms with van der Waals surface area (Å²) in [6, 6.07) is 12.0. The molecule has 0 aliphatic heterocycles. The van der Waals surface area contributed by atoms with E-state index in [1.165, 1.54) is 6.07 Å². The minimum atomic E-state index is -0.770. The third-order valence-corrected chi connectivity index (χ3v) is 4.42. The molecule has 0 fully saturated rings. The maximum atomic E-state index is 12.4. The number of benzene rings is 2. The van der Waals surface area contributed by atoms with E-state index in [0.717, 1.165) is 11.1 Å². The molecule has 0 aliphatic rings. The highest BCUT2D eigenvalue weighted by Crippen LogP contribution is 2.26. The summed E-state index contributed by atoms with van der Waals surface area (Å²) < 4.78 is 11.1. The van der Waals surface area contributed by atoms with Crippen LogP contribution in [0.2, 0.25) is 0 Å². The summed E-state index contributed by atoms with van der Waals surface area (Å²) in [4.78, 5) is 24.4. The highest BCUT2D eigenvalue weighted by Gasteiger charge is 2.17. The third kappa shape index (κ3) is 3.37. The molecule has 0 N–H and O–H groups in total. The van der Waals surface area contributed by atoms with Crippen molar-refractivity contribution >= 4 is 44.5 Å². The van der Waals surface area contributed by atoms with E-state index in [2.05, 4.69) is 15.9 Å². The van der Waals surface area contributed by atoms with Crippen LogP contribution in [0.25, 0.3) is 11.0 Å². The van der Waals surface area contributed by atoms with Gasteiger partial charge in [0.15, 0.2) is 0 Å². The summed E-state index contributed by atoms with van der Waals surface area (Å²) in [5.41, 5.74) is 1.27. The van der Waals surface area contributed by atoms with Crippen molar-refractivity contribution in [1.82, 2.24) is 0 Å². The average molecular weight is 408 g/mol. The molecule has 0 amide bonds. The lowest BCUT2D eigenvalue weighted by Gasteiger charge is -2.07. The Labute approximate surface area is 151 Å². The van der Waals surface area contributed by atoms with Gasteiger partial charge < -0.3 is 9.15 Å². The molecule has 0 spiro atoms. The van der Waals surface area contributed by atoms with Crippen LogP contribution in [0.5, 0.6) is 5.75 Å². The lowest BCUT2D eigenvalue weighted by molar-refractivity contribution is 0.0729. The van der Waals surface area contributed by atoms with Crippen molar-refractivity contribution in [3.05, 3.63) is 74.0 Å². The monoisotopic (exact) mass is 406 g/mol. The first-order valence-electron chi connectivity index (χ1n) is 7.09. The molecule has 6 heteroatoms. The van der Waals surface area contributed by atoms with E-state index in [4.69, 9.17) is 20.8 Å². The molecular weight excluding hydrogens is 396 g/mol. The fourth-order valence-electron chi connectivity index (χ4n) is 2.24. The van der Waals surface area contributed by atoms with Crippen LogP contribution >= 0.6 is 27.5 Å². The van der Waals surface area contributed by atoms with Gasteiger partial charge >= 0.3 is 11.6 Å². The van der Waals surface area contributed by atoms with Crippen molar-refractivity contribution in [2.45, 2.75) is 12.8 Å². The van der Waals surface area contributed by atoms with Gasteiger partial charge in [-0.15, -0.1) is 11.6 Å². The van der Waals surface area contributed by atoms with Crippen molar-refractivity contribution in [2.24, 2.45) is 0 Å². The number of fused-ring (bicyclic) bond motifs is 1. The third-order valence-electron chi connectivity index (χ3n) is 3.46. The van der Waals surface area contributed by atoms with Gasteiger partial charge in [-0.2, -0.15) is 0 Å². The first-order chi connectivity index (χ1) is 11.5. The van der Waals surface area contributed by atoms with Crippen molar-refractivity contribution in [3.8, 4) is 5.75 Å². The Hall–Kier alpha value is -2.11. The molecular formula is C18H12BrClO4. The van der Waals surface area contributed by atoms with E-state index >= 15 is 0 Å². The molecule has 3 rings (SSSR count). The van der Waals surface area contributed by atoms with Gasteiger partial charge in [0.25, 0.3) is 0 Å². The Morgan fingerprint density at radius 1 is 1.21 bits per heavy atom. The van der Waals surface area contributed by atoms with Crippen molar-refractivity contribution < 1.29 is 13.9 Å². The summed E-state index contributed by atoms with van der Waals surface area (Å²) in [5.74, 6) is -0.104. The van der Waals surface area contributed by atoms with Gasteiger partial charge in [-0.3, -0.25) is 0 Å². The molecule has 0 radical (unpaired) electrons. The fourth-order valence-corrected chi connectivity index (χ4v) is 2.74. The Morgan fingerprint density at radius 2 is 2.00 bits per heavy atom. The minimum absolute atomic E-state index is 0.164. The van der Waals surface area contributed by atoms with Gasteiger partial charge in [0.2, 0.25) is 0 Å². The van der Waals surface area contributed by atoms with Gasteiger partial charge in [-0.05, 0) is 64.3 Å². The van der Waals surface area contributed by atoms with Crippen LogP contribution in [-0.4, -0.2) is 5.97 Å². The van der Waals surface area contributed by atoms with Gasteiger partial charge in [-0.1, -0.05) is 12.1 Å². The number of halogens is 2. The Balaban J connectivity index is 2.01. The summed E-state index contributed by atoms with van der Waals surface area (Å²) >= 11 is 9.13. The molecule has 1 heterocycles. The molecule has 1 aromatic heterocycles. The Morgan fingerprint density at radius 3 is 2.75 bits per heavy atom. The SMILES string of the molecule is Cc1ccc(Br)c(OC(=O)c2cc3cc(CCl)ccc3oc2=O)c1. The van der Waals surface area contributed by atoms with Crippen LogP contribution in [-0.2, 0) is 5.88 Å². The zero-order valence-corrected chi connectivity index (χ0v) is 15.0. The van der Waals surface area contributed by atoms with Crippen LogP contribution in [0.3, 0.4) is 0 Å². The molecule has 4 nitrogen and oxygen atoms in total. The number of rotatable bonds is 3. The summed E-state index contributed by atoms with van der Waals surface area (Å²) in [5, 5.41) is 0.614. The fraction of sp³-hybridized carbons (Fsp3) is 0.111. The molecule has 2 aromatic carbocycles. The smallest absolute Gasteiger partial charge is 0.351 e. The highest BCUT2D eigenvalue weighted by atomic mass is 79.9. The summed E-state index contributed by atoms with van der Waals surface area (Å²) in [6.07, 6.45) is 0. The Kier molecular flexibility index (Phi) is 4.73. The molecule has 122 valence electrons. The zero-order chi connectivity index (χ0) is 17.3. The quantitative estimate of drug-likeness (QED) is 0.270. The molecule has 0 bridgehead atoms. The van der Waals surface area contributed by atoms with E-state index in [0.29, 0.717) is 27.1 Å². The van der Waals surface area contributed by atoms with Crippen LogP contribution in [0.1, 0.15) is 21.5 Å². The number of aryl methyl sites for hydroxylation is 1. The Bertz CT molecular complexity index is 994. The number of carbonyl (C=O) groups excluding carboxylic acids is 1. The van der Waals surface area contributed by atoms with Crippen LogP contribution in [0.15, 0.2) is 56.1 Å². The molecule has 0 saturated heterocycles. The van der Waals surface area contributed by atoms with Crippen molar-refractivity contribution in [1.29, 1.82) is 0 Å². The largest absolute Gasteiger partial charge is 0.422 e. The lowest BCUT2D eigenvalue weighted by Crippen LogP contribution is -2.19. The van der Waals surface area contributed by atoms with E-state index in [9.17, 15) is 9.59 Å². The van der Waals surface area contributed by atoms with Gasteiger partial charge in [0.1, 0.15) is 16.9 Å². The van der Waals surface area contributed by atoms with E-state index in [1.807, 2.05) is 13.0 Å². The second-order valence-corrected chi connectivity index (χ2v) is 6.40. The molecule has 3 aromatic rings. The van der Waals surface area contributed by atoms with Crippen molar-refractivity contribution in [2.75, 3.05) is 0 Å². The number of carbonyl (C=O) groups is 1. The average Bonchev–Trinajstić information content (AvgIpc) is 2.57. The van der Waals surface area contributed by atoms with Gasteiger partial charge in [0.05, 0.1) is 4.47 Å². The number of hydrogen-bond acceptors (Lipinski definition) is 4. The predicted octanol–water partition coefficient (Wildman–Crippen LogP) is 4.82. The highest BCUT2D eigenvalue weighted by molar-refractivity contribution is 9.10. The lowest BCUT2D eigenvalue weighted by atomic mass is 10.1. The standard InChI is InChI=1S/C18H12BrClO4/c1-10-2-4-14(19)16(6-10)24-18(22)13-8-12-7-11(9-20)3-5-15(12)23-17(13)21/h2-8H,9H2,1H3. The first-order valence-corrected chi connectivity index (χ1v) is 8.42. The molecule has 0 unspecified atom stereocenters. The second kappa shape index (κ2) is 6.79. The van der Waals surface area contributed by atoms with E-state index in [1.54, 1.807) is 30.3 Å². The van der Waals surface area contributed by atoms with Crippen molar-refractivity contribution in [3.63, 3.8) is 0 Å². The second-order valence-electron chi connectivity index (χ2n) is 5.28. The molecule has 0 atom stereocenters. The number of ether oxygens (including phenoxy) is 1. The number of hydrogen-bond donors (Lipinski definition) is 0. The summed E-state index contributed by atoms with van der Waals surface area (Å²) in [6.45, 7) is 1.88. The van der Waals surface area contributed by atoms with E-state index in [-0.39, 0.29) is 5.56 Å². The predicted molar refractivity (Wildman–Crippen MR) is 95.9 cm³/mol. The van der Waals surface area contributed by atoms with Crippen LogP contribution in [0.4, 0.5) is 0 Å². The number of alkyl halides is 1. The van der Waals surface area contributed by atoms with Gasteiger partial charge in [-0.25, -0.2) is 9.59 Å².